The van der Waals surface area contributed by atoms with Gasteiger partial charge in [0.1, 0.15) is 11.5 Å². The second-order valence-electron chi connectivity index (χ2n) is 11.3. The molecule has 0 saturated carbocycles. The zero-order valence-corrected chi connectivity index (χ0v) is 24.7. The monoisotopic (exact) mass is 590 g/mol. The molecule has 6 aromatic carbocycles. The minimum absolute atomic E-state index is 0.617. The lowest BCUT2D eigenvalue weighted by atomic mass is 9.98. The molecule has 0 N–H and O–H groups in total. The molecule has 9 rings (SSSR count). The molecular formula is C41H26N4O. The van der Waals surface area contributed by atoms with E-state index in [1.807, 2.05) is 84.9 Å². The Balaban J connectivity index is 1.30. The van der Waals surface area contributed by atoms with E-state index in [0.29, 0.717) is 17.5 Å². The summed E-state index contributed by atoms with van der Waals surface area (Å²) < 4.78 is 8.89. The molecule has 3 heterocycles. The molecule has 216 valence electrons. The fourth-order valence-corrected chi connectivity index (χ4v) is 6.39. The first-order chi connectivity index (χ1) is 22.8. The number of rotatable bonds is 4. The summed E-state index contributed by atoms with van der Waals surface area (Å²) in [4.78, 5) is 14.9. The summed E-state index contributed by atoms with van der Waals surface area (Å²) in [6.07, 6.45) is 0. The summed E-state index contributed by atoms with van der Waals surface area (Å²) in [6.45, 7) is 0. The molecule has 5 nitrogen and oxygen atoms in total. The van der Waals surface area contributed by atoms with Crippen molar-refractivity contribution in [2.24, 2.45) is 0 Å². The fourth-order valence-electron chi connectivity index (χ4n) is 6.39. The smallest absolute Gasteiger partial charge is 0.164 e. The number of nitrogens with zero attached hydrogens (tertiary/aromatic N) is 4. The van der Waals surface area contributed by atoms with Gasteiger partial charge in [-0.15, -0.1) is 0 Å². The summed E-state index contributed by atoms with van der Waals surface area (Å²) >= 11 is 0. The molecule has 0 bridgehead atoms. The Kier molecular flexibility index (Phi) is 6.06. The normalized spacial score (nSPS) is 11.7. The van der Waals surface area contributed by atoms with E-state index < -0.39 is 0 Å². The van der Waals surface area contributed by atoms with Crippen LogP contribution in [0.4, 0.5) is 0 Å². The predicted molar refractivity (Wildman–Crippen MR) is 184 cm³/mol. The zero-order chi connectivity index (χ0) is 30.5. The Morgan fingerprint density at radius 3 is 1.65 bits per heavy atom. The first-order valence-electron chi connectivity index (χ1n) is 15.3. The number of para-hydroxylation sites is 3. The topological polar surface area (TPSA) is 52.8 Å². The van der Waals surface area contributed by atoms with Crippen LogP contribution in [0.5, 0.6) is 11.5 Å². The summed E-state index contributed by atoms with van der Waals surface area (Å²) in [5.74, 6) is 3.56. The maximum Gasteiger partial charge on any atom is 0.164 e. The second-order valence-corrected chi connectivity index (χ2v) is 11.3. The Labute approximate surface area is 266 Å². The first kappa shape index (κ1) is 26.1. The molecule has 0 radical (unpaired) electrons. The van der Waals surface area contributed by atoms with Crippen molar-refractivity contribution < 1.29 is 4.74 Å². The average Bonchev–Trinajstić information content (AvgIpc) is 3.40. The van der Waals surface area contributed by atoms with Gasteiger partial charge < -0.3 is 9.30 Å². The van der Waals surface area contributed by atoms with Crippen molar-refractivity contribution in [3.05, 3.63) is 158 Å². The number of hydrogen-bond donors (Lipinski definition) is 0. The molecule has 46 heavy (non-hydrogen) atoms. The number of ether oxygens (including phenoxy) is 1. The minimum Gasteiger partial charge on any atom is -0.456 e. The molecule has 5 heteroatoms. The highest BCUT2D eigenvalue weighted by atomic mass is 16.5. The van der Waals surface area contributed by atoms with Crippen LogP contribution in [-0.2, 0) is 0 Å². The number of hydrogen-bond acceptors (Lipinski definition) is 4. The van der Waals surface area contributed by atoms with Gasteiger partial charge >= 0.3 is 0 Å². The molecule has 2 aromatic heterocycles. The summed E-state index contributed by atoms with van der Waals surface area (Å²) in [5.41, 5.74) is 9.25. The molecule has 0 aliphatic carbocycles. The minimum atomic E-state index is 0.617. The van der Waals surface area contributed by atoms with Gasteiger partial charge in [-0.1, -0.05) is 121 Å². The number of aromatic nitrogens is 4. The van der Waals surface area contributed by atoms with Crippen LogP contribution in [-0.4, -0.2) is 19.5 Å². The van der Waals surface area contributed by atoms with Gasteiger partial charge in [0.2, 0.25) is 0 Å². The van der Waals surface area contributed by atoms with Gasteiger partial charge in [0, 0.05) is 44.5 Å². The van der Waals surface area contributed by atoms with E-state index >= 15 is 0 Å². The van der Waals surface area contributed by atoms with Crippen LogP contribution in [0.1, 0.15) is 0 Å². The van der Waals surface area contributed by atoms with Gasteiger partial charge in [-0.05, 0) is 36.4 Å². The molecule has 0 unspecified atom stereocenters. The van der Waals surface area contributed by atoms with E-state index in [-0.39, 0.29) is 0 Å². The quantitative estimate of drug-likeness (QED) is 0.205. The van der Waals surface area contributed by atoms with Crippen molar-refractivity contribution >= 4 is 10.9 Å². The van der Waals surface area contributed by atoms with Crippen molar-refractivity contribution in [2.75, 3.05) is 0 Å². The number of benzene rings is 6. The lowest BCUT2D eigenvalue weighted by Crippen LogP contribution is -2.01. The molecule has 1 aliphatic heterocycles. The molecule has 8 aromatic rings. The first-order valence-corrected chi connectivity index (χ1v) is 15.3. The third-order valence-corrected chi connectivity index (χ3v) is 8.46. The standard InChI is InChI=1S/C41H26N4O/c1-3-14-27(15-4-1)39-42-40(28-16-5-2-6-17-28)44-41(43-39)29-18-13-19-30(26-29)45-34-23-10-7-20-31(34)37-32-21-8-11-24-35(32)46-36-25-12-9-22-33(36)38(37)45/h1-26H. The Bertz CT molecular complexity index is 2340. The Morgan fingerprint density at radius 1 is 0.435 bits per heavy atom. The summed E-state index contributed by atoms with van der Waals surface area (Å²) in [5, 5.41) is 1.16. The van der Waals surface area contributed by atoms with E-state index in [1.54, 1.807) is 0 Å². The highest BCUT2D eigenvalue weighted by molar-refractivity contribution is 6.08. The van der Waals surface area contributed by atoms with Crippen LogP contribution in [0.2, 0.25) is 0 Å². The van der Waals surface area contributed by atoms with E-state index in [4.69, 9.17) is 19.7 Å². The van der Waals surface area contributed by atoms with Crippen LogP contribution >= 0.6 is 0 Å². The SMILES string of the molecule is c1ccc(-c2nc(-c3ccccc3)nc(-c3cccc(-n4c5c(c6ccccc64)-c4ccccc4Oc4ccccc4-5)c3)n2)cc1. The van der Waals surface area contributed by atoms with E-state index in [1.165, 1.54) is 0 Å². The molecule has 0 spiro atoms. The van der Waals surface area contributed by atoms with E-state index in [9.17, 15) is 0 Å². The highest BCUT2D eigenvalue weighted by Gasteiger charge is 2.28. The van der Waals surface area contributed by atoms with Gasteiger partial charge in [-0.25, -0.2) is 15.0 Å². The average molecular weight is 591 g/mol. The van der Waals surface area contributed by atoms with Crippen LogP contribution in [0.15, 0.2) is 158 Å². The van der Waals surface area contributed by atoms with Crippen LogP contribution in [0.25, 0.3) is 73.1 Å². The highest BCUT2D eigenvalue weighted by Crippen LogP contribution is 2.51. The molecule has 0 amide bonds. The largest absolute Gasteiger partial charge is 0.456 e. The van der Waals surface area contributed by atoms with Crippen molar-refractivity contribution in [1.82, 2.24) is 19.5 Å². The van der Waals surface area contributed by atoms with Gasteiger partial charge in [-0.3, -0.25) is 0 Å². The van der Waals surface area contributed by atoms with Gasteiger partial charge in [0.15, 0.2) is 17.5 Å². The van der Waals surface area contributed by atoms with E-state index in [0.717, 1.165) is 67.2 Å². The van der Waals surface area contributed by atoms with Gasteiger partial charge in [0.05, 0.1) is 11.2 Å². The molecule has 0 saturated heterocycles. The maximum atomic E-state index is 6.55. The molecular weight excluding hydrogens is 564 g/mol. The maximum absolute atomic E-state index is 6.55. The Hall–Kier alpha value is -6.33. The lowest BCUT2D eigenvalue weighted by Gasteiger charge is -2.15. The molecule has 0 fully saturated rings. The van der Waals surface area contributed by atoms with Crippen molar-refractivity contribution in [1.29, 1.82) is 0 Å². The summed E-state index contributed by atoms with van der Waals surface area (Å²) in [7, 11) is 0. The second kappa shape index (κ2) is 10.7. The van der Waals surface area contributed by atoms with Crippen LogP contribution < -0.4 is 4.74 Å². The predicted octanol–water partition coefficient (Wildman–Crippen LogP) is 10.3. The van der Waals surface area contributed by atoms with E-state index in [2.05, 4.69) is 77.4 Å². The third kappa shape index (κ3) is 4.29. The van der Waals surface area contributed by atoms with Gasteiger partial charge in [0.25, 0.3) is 0 Å². The van der Waals surface area contributed by atoms with Crippen molar-refractivity contribution in [3.8, 4) is 73.7 Å². The zero-order valence-electron chi connectivity index (χ0n) is 24.7. The van der Waals surface area contributed by atoms with Crippen LogP contribution in [0, 0.1) is 0 Å². The summed E-state index contributed by atoms with van der Waals surface area (Å²) in [6, 6.07) is 53.8. The number of fused-ring (bicyclic) bond motifs is 7. The third-order valence-electron chi connectivity index (χ3n) is 8.46. The fraction of sp³-hybridized carbons (Fsp3) is 0. The lowest BCUT2D eigenvalue weighted by molar-refractivity contribution is 0.487. The Morgan fingerprint density at radius 2 is 0.957 bits per heavy atom. The van der Waals surface area contributed by atoms with Crippen molar-refractivity contribution in [2.45, 2.75) is 0 Å². The molecule has 1 aliphatic rings. The van der Waals surface area contributed by atoms with Crippen LogP contribution in [0.3, 0.4) is 0 Å². The van der Waals surface area contributed by atoms with Gasteiger partial charge in [-0.2, -0.15) is 0 Å². The van der Waals surface area contributed by atoms with Crippen molar-refractivity contribution in [3.63, 3.8) is 0 Å². The molecule has 0 atom stereocenters.